The number of aldehydes is 1. The van der Waals surface area contributed by atoms with Crippen molar-refractivity contribution in [2.24, 2.45) is 0 Å². The molecule has 1 aliphatic carbocycles. The summed E-state index contributed by atoms with van der Waals surface area (Å²) in [7, 11) is 1.39. The van der Waals surface area contributed by atoms with E-state index in [-0.39, 0.29) is 5.97 Å². The molecule has 0 radical (unpaired) electrons. The van der Waals surface area contributed by atoms with Crippen LogP contribution in [0, 0.1) is 6.92 Å². The Labute approximate surface area is 207 Å². The molecule has 0 saturated heterocycles. The van der Waals surface area contributed by atoms with Gasteiger partial charge in [0.2, 0.25) is 0 Å². The van der Waals surface area contributed by atoms with Crippen LogP contribution in [0.15, 0.2) is 54.6 Å². The lowest BCUT2D eigenvalue weighted by Gasteiger charge is -2.18. The number of ether oxygens (including phenoxy) is 3. The third-order valence-corrected chi connectivity index (χ3v) is 6.66. The van der Waals surface area contributed by atoms with Gasteiger partial charge in [0.25, 0.3) is 0 Å². The first-order chi connectivity index (χ1) is 17.1. The Balaban J connectivity index is 1.51. The highest BCUT2D eigenvalue weighted by molar-refractivity contribution is 5.84. The maximum atomic E-state index is 11.9. The molecule has 0 aromatic heterocycles. The van der Waals surface area contributed by atoms with E-state index in [2.05, 4.69) is 42.0 Å². The largest absolute Gasteiger partial charge is 0.493 e. The highest BCUT2D eigenvalue weighted by atomic mass is 16.5. The van der Waals surface area contributed by atoms with Crippen molar-refractivity contribution in [3.8, 4) is 22.6 Å². The maximum Gasteiger partial charge on any atom is 0.305 e. The summed E-state index contributed by atoms with van der Waals surface area (Å²) in [6.07, 6.45) is 5.37. The van der Waals surface area contributed by atoms with Crippen molar-refractivity contribution in [2.45, 2.75) is 52.1 Å². The van der Waals surface area contributed by atoms with Crippen molar-refractivity contribution in [1.82, 2.24) is 0 Å². The predicted molar refractivity (Wildman–Crippen MR) is 136 cm³/mol. The minimum Gasteiger partial charge on any atom is -0.493 e. The predicted octanol–water partition coefficient (Wildman–Crippen LogP) is 6.26. The lowest BCUT2D eigenvalue weighted by Crippen LogP contribution is -2.07. The molecule has 0 bridgehead atoms. The van der Waals surface area contributed by atoms with Gasteiger partial charge in [0.05, 0.1) is 19.3 Å². The molecule has 0 N–H and O–H groups in total. The summed E-state index contributed by atoms with van der Waals surface area (Å²) in [5.74, 6) is 1.12. The Morgan fingerprint density at radius 2 is 1.74 bits per heavy atom. The van der Waals surface area contributed by atoms with Gasteiger partial charge in [0, 0.05) is 12.5 Å². The zero-order valence-corrected chi connectivity index (χ0v) is 20.5. The van der Waals surface area contributed by atoms with E-state index in [1.165, 1.54) is 23.8 Å². The highest BCUT2D eigenvalue weighted by Gasteiger charge is 2.24. The first-order valence-electron chi connectivity index (χ1n) is 12.2. The fraction of sp³-hybridized carbons (Fsp3) is 0.333. The molecule has 5 nitrogen and oxygen atoms in total. The molecule has 0 heterocycles. The summed E-state index contributed by atoms with van der Waals surface area (Å²) in [5, 5.41) is 0. The van der Waals surface area contributed by atoms with Gasteiger partial charge in [0.1, 0.15) is 18.1 Å². The summed E-state index contributed by atoms with van der Waals surface area (Å²) in [4.78, 5) is 23.2. The minimum absolute atomic E-state index is 0.224. The molecular weight excluding hydrogens is 440 g/mol. The molecule has 0 aliphatic heterocycles. The number of unbranched alkanes of at least 4 members (excludes halogenated alkanes) is 1. The molecule has 0 atom stereocenters. The third kappa shape index (κ3) is 5.73. The average Bonchev–Trinajstić information content (AvgIpc) is 3.38. The van der Waals surface area contributed by atoms with Gasteiger partial charge >= 0.3 is 5.97 Å². The molecule has 0 saturated carbocycles. The molecule has 3 aromatic rings. The Kier molecular flexibility index (Phi) is 8.19. The van der Waals surface area contributed by atoms with E-state index in [4.69, 9.17) is 9.47 Å². The smallest absolute Gasteiger partial charge is 0.305 e. The lowest BCUT2D eigenvalue weighted by atomic mass is 9.97. The number of hydrogen-bond donors (Lipinski definition) is 0. The van der Waals surface area contributed by atoms with Gasteiger partial charge in [-0.15, -0.1) is 0 Å². The van der Waals surface area contributed by atoms with Crippen LogP contribution >= 0.6 is 0 Å². The van der Waals surface area contributed by atoms with Crippen LogP contribution in [0.1, 0.15) is 58.3 Å². The van der Waals surface area contributed by atoms with E-state index in [0.717, 1.165) is 48.0 Å². The molecule has 0 spiro atoms. The van der Waals surface area contributed by atoms with Crippen molar-refractivity contribution in [3.05, 3.63) is 82.4 Å². The third-order valence-electron chi connectivity index (χ3n) is 6.66. The van der Waals surface area contributed by atoms with Crippen molar-refractivity contribution >= 4 is 12.3 Å². The molecular formula is C30H32O5. The van der Waals surface area contributed by atoms with Crippen LogP contribution in [-0.4, -0.2) is 26.0 Å². The quantitative estimate of drug-likeness (QED) is 0.187. The average molecular weight is 473 g/mol. The van der Waals surface area contributed by atoms with Crippen molar-refractivity contribution in [2.75, 3.05) is 13.7 Å². The SMILES string of the molecule is COC(=O)CCCCOc1cc(OCc2cccc(-c3ccccc3)c2C)c2c(c1C=O)CCC2. The number of methoxy groups -OCH3 is 1. The number of carbonyl (C=O) groups is 2. The van der Waals surface area contributed by atoms with Crippen LogP contribution in [0.3, 0.4) is 0 Å². The van der Waals surface area contributed by atoms with Crippen molar-refractivity contribution in [3.63, 3.8) is 0 Å². The molecule has 3 aromatic carbocycles. The molecule has 0 fully saturated rings. The zero-order valence-electron chi connectivity index (χ0n) is 20.5. The second kappa shape index (κ2) is 11.7. The Morgan fingerprint density at radius 3 is 2.51 bits per heavy atom. The number of carbonyl (C=O) groups excluding carboxylic acids is 2. The minimum atomic E-state index is -0.224. The molecule has 0 amide bonds. The molecule has 1 aliphatic rings. The lowest BCUT2D eigenvalue weighted by molar-refractivity contribution is -0.140. The van der Waals surface area contributed by atoms with E-state index < -0.39 is 0 Å². The number of rotatable bonds is 11. The van der Waals surface area contributed by atoms with Crippen molar-refractivity contribution < 1.29 is 23.8 Å². The summed E-state index contributed by atoms with van der Waals surface area (Å²) in [6, 6.07) is 18.5. The maximum absolute atomic E-state index is 11.9. The first-order valence-corrected chi connectivity index (χ1v) is 12.2. The molecule has 35 heavy (non-hydrogen) atoms. The van der Waals surface area contributed by atoms with Gasteiger partial charge in [0.15, 0.2) is 6.29 Å². The van der Waals surface area contributed by atoms with Crippen LogP contribution in [0.4, 0.5) is 0 Å². The number of hydrogen-bond acceptors (Lipinski definition) is 5. The van der Waals surface area contributed by atoms with Gasteiger partial charge in [-0.2, -0.15) is 0 Å². The van der Waals surface area contributed by atoms with Gasteiger partial charge < -0.3 is 14.2 Å². The first kappa shape index (κ1) is 24.5. The molecule has 182 valence electrons. The Morgan fingerprint density at radius 1 is 0.943 bits per heavy atom. The Hall–Kier alpha value is -3.60. The number of benzene rings is 3. The molecule has 5 heteroatoms. The summed E-state index contributed by atoms with van der Waals surface area (Å²) < 4.78 is 17.0. The van der Waals surface area contributed by atoms with E-state index >= 15 is 0 Å². The molecule has 4 rings (SSSR count). The summed E-state index contributed by atoms with van der Waals surface area (Å²) >= 11 is 0. The number of esters is 1. The van der Waals surface area contributed by atoms with Gasteiger partial charge in [-0.25, -0.2) is 0 Å². The normalized spacial score (nSPS) is 12.2. The van der Waals surface area contributed by atoms with E-state index in [1.807, 2.05) is 24.3 Å². The van der Waals surface area contributed by atoms with E-state index in [1.54, 1.807) is 0 Å². The van der Waals surface area contributed by atoms with E-state index in [9.17, 15) is 9.59 Å². The number of fused-ring (bicyclic) bond motifs is 1. The fourth-order valence-corrected chi connectivity index (χ4v) is 4.70. The fourth-order valence-electron chi connectivity index (χ4n) is 4.70. The summed E-state index contributed by atoms with van der Waals surface area (Å²) in [5.41, 5.74) is 7.49. The topological polar surface area (TPSA) is 61.8 Å². The molecule has 0 unspecified atom stereocenters. The highest BCUT2D eigenvalue weighted by Crippen LogP contribution is 2.39. The van der Waals surface area contributed by atoms with Crippen molar-refractivity contribution in [1.29, 1.82) is 0 Å². The monoisotopic (exact) mass is 472 g/mol. The zero-order chi connectivity index (χ0) is 24.6. The standard InChI is InChI=1S/C30H32O5/c1-21-23(12-8-13-24(21)22-10-4-3-5-11-22)20-35-28-18-29(34-17-7-6-16-30(32)33-2)27(19-31)25-14-9-15-26(25)28/h3-5,8,10-13,18-19H,6-7,9,14-17,20H2,1-2H3. The van der Waals surface area contributed by atoms with Gasteiger partial charge in [-0.1, -0.05) is 48.5 Å². The Bertz CT molecular complexity index is 1180. The summed E-state index contributed by atoms with van der Waals surface area (Å²) in [6.45, 7) is 3.00. The van der Waals surface area contributed by atoms with Gasteiger partial charge in [-0.3, -0.25) is 9.59 Å². The van der Waals surface area contributed by atoms with Gasteiger partial charge in [-0.05, 0) is 72.4 Å². The second-order valence-corrected chi connectivity index (χ2v) is 8.84. The van der Waals surface area contributed by atoms with Crippen LogP contribution in [0.5, 0.6) is 11.5 Å². The van der Waals surface area contributed by atoms with Crippen LogP contribution in [-0.2, 0) is 29.0 Å². The second-order valence-electron chi connectivity index (χ2n) is 8.84. The van der Waals surface area contributed by atoms with E-state index in [0.29, 0.717) is 43.8 Å². The van der Waals surface area contributed by atoms with Crippen LogP contribution < -0.4 is 9.47 Å². The van der Waals surface area contributed by atoms with Crippen LogP contribution in [0.25, 0.3) is 11.1 Å². The van der Waals surface area contributed by atoms with Crippen LogP contribution in [0.2, 0.25) is 0 Å².